The lowest BCUT2D eigenvalue weighted by molar-refractivity contribution is 0.567. The Morgan fingerprint density at radius 1 is 1.33 bits per heavy atom. The highest BCUT2D eigenvalue weighted by molar-refractivity contribution is 6.30. The Labute approximate surface area is 61.6 Å². The molecule has 0 aromatic rings. The van der Waals surface area contributed by atoms with Gasteiger partial charge in [-0.1, -0.05) is 18.8 Å². The van der Waals surface area contributed by atoms with Crippen LogP contribution in [0.15, 0.2) is 0 Å². The third-order valence-corrected chi connectivity index (χ3v) is 2.07. The summed E-state index contributed by atoms with van der Waals surface area (Å²) >= 11 is 5.22. The van der Waals surface area contributed by atoms with Crippen molar-refractivity contribution in [1.82, 2.24) is 0 Å². The summed E-state index contributed by atoms with van der Waals surface area (Å²) in [6, 6.07) is 0. The minimum Gasteiger partial charge on any atom is -0.0856 e. The van der Waals surface area contributed by atoms with E-state index in [1.54, 1.807) is 0 Å². The van der Waals surface area contributed by atoms with Gasteiger partial charge in [0.1, 0.15) is 0 Å². The first-order chi connectivity index (χ1) is 4.43. The molecule has 0 aliphatic heterocycles. The number of hydrogen-bond acceptors (Lipinski definition) is 0. The Morgan fingerprint density at radius 3 is 2.56 bits per heavy atom. The number of rotatable bonds is 1. The van der Waals surface area contributed by atoms with Gasteiger partial charge < -0.3 is 0 Å². The first-order valence-electron chi connectivity index (χ1n) is 3.52. The summed E-state index contributed by atoms with van der Waals surface area (Å²) in [6.45, 7) is 0. The van der Waals surface area contributed by atoms with Crippen LogP contribution >= 0.6 is 11.6 Å². The van der Waals surface area contributed by atoms with Gasteiger partial charge in [-0.2, -0.15) is 0 Å². The van der Waals surface area contributed by atoms with Crippen LogP contribution in [0.25, 0.3) is 0 Å². The average Bonchev–Trinajstić information content (AvgIpc) is 2.34. The van der Waals surface area contributed by atoms with Crippen molar-refractivity contribution in [3.63, 3.8) is 0 Å². The lowest BCUT2D eigenvalue weighted by Gasteiger charge is -1.99. The molecule has 1 aliphatic carbocycles. The van der Waals surface area contributed by atoms with Crippen molar-refractivity contribution in [2.75, 3.05) is 0 Å². The normalized spacial score (nSPS) is 19.2. The third-order valence-electron chi connectivity index (χ3n) is 1.93. The van der Waals surface area contributed by atoms with Crippen LogP contribution in [0, 0.1) is 17.2 Å². The van der Waals surface area contributed by atoms with Crippen molar-refractivity contribution in [2.45, 2.75) is 32.1 Å². The SMILES string of the molecule is ClC#CCC1CCCC1. The number of halogens is 1. The maximum atomic E-state index is 5.22. The van der Waals surface area contributed by atoms with Crippen LogP contribution in [0.3, 0.4) is 0 Å². The standard InChI is InChI=1S/C8H11Cl/c9-7-3-6-8-4-1-2-5-8/h8H,1-2,4-6H2. The van der Waals surface area contributed by atoms with E-state index < -0.39 is 0 Å². The lowest BCUT2D eigenvalue weighted by Crippen LogP contribution is -1.88. The predicted octanol–water partition coefficient (Wildman–Crippen LogP) is 2.77. The molecule has 50 valence electrons. The van der Waals surface area contributed by atoms with E-state index in [0.717, 1.165) is 12.3 Å². The van der Waals surface area contributed by atoms with Crippen molar-refractivity contribution in [1.29, 1.82) is 0 Å². The molecule has 0 saturated heterocycles. The monoisotopic (exact) mass is 142 g/mol. The summed E-state index contributed by atoms with van der Waals surface area (Å²) in [7, 11) is 0. The fraction of sp³-hybridized carbons (Fsp3) is 0.750. The molecular formula is C8H11Cl. The van der Waals surface area contributed by atoms with E-state index in [2.05, 4.69) is 11.3 Å². The predicted molar refractivity (Wildman–Crippen MR) is 40.2 cm³/mol. The van der Waals surface area contributed by atoms with Gasteiger partial charge in [-0.05, 0) is 30.4 Å². The lowest BCUT2D eigenvalue weighted by atomic mass is 10.1. The molecule has 0 heterocycles. The highest BCUT2D eigenvalue weighted by Crippen LogP contribution is 2.26. The van der Waals surface area contributed by atoms with E-state index in [4.69, 9.17) is 11.6 Å². The van der Waals surface area contributed by atoms with E-state index >= 15 is 0 Å². The molecule has 1 aliphatic rings. The molecule has 0 N–H and O–H groups in total. The van der Waals surface area contributed by atoms with Gasteiger partial charge in [0.2, 0.25) is 0 Å². The molecule has 0 atom stereocenters. The summed E-state index contributed by atoms with van der Waals surface area (Å²) in [4.78, 5) is 0. The van der Waals surface area contributed by atoms with Gasteiger partial charge in [-0.3, -0.25) is 0 Å². The smallest absolute Gasteiger partial charge is 0.0130 e. The Morgan fingerprint density at radius 2 is 2.00 bits per heavy atom. The second-order valence-corrected chi connectivity index (χ2v) is 2.81. The van der Waals surface area contributed by atoms with Gasteiger partial charge in [0.25, 0.3) is 0 Å². The fourth-order valence-corrected chi connectivity index (χ4v) is 1.47. The molecule has 1 saturated carbocycles. The quantitative estimate of drug-likeness (QED) is 0.494. The van der Waals surface area contributed by atoms with E-state index in [1.807, 2.05) is 0 Å². The molecule has 0 aromatic heterocycles. The zero-order valence-corrected chi connectivity index (χ0v) is 6.25. The van der Waals surface area contributed by atoms with Crippen molar-refractivity contribution in [3.05, 3.63) is 0 Å². The van der Waals surface area contributed by atoms with Crippen LogP contribution in [0.2, 0.25) is 0 Å². The summed E-state index contributed by atoms with van der Waals surface area (Å²) in [5, 5.41) is 2.42. The van der Waals surface area contributed by atoms with E-state index in [1.165, 1.54) is 25.7 Å². The second-order valence-electron chi connectivity index (χ2n) is 2.63. The minimum absolute atomic E-state index is 0.858. The Kier molecular flexibility index (Phi) is 2.94. The van der Waals surface area contributed by atoms with Gasteiger partial charge in [0.15, 0.2) is 0 Å². The van der Waals surface area contributed by atoms with Crippen molar-refractivity contribution >= 4 is 11.6 Å². The van der Waals surface area contributed by atoms with Gasteiger partial charge in [-0.25, -0.2) is 0 Å². The first kappa shape index (κ1) is 6.96. The maximum Gasteiger partial charge on any atom is 0.0130 e. The van der Waals surface area contributed by atoms with Crippen LogP contribution in [0.4, 0.5) is 0 Å². The molecular weight excluding hydrogens is 132 g/mol. The van der Waals surface area contributed by atoms with E-state index in [0.29, 0.717) is 0 Å². The molecule has 0 unspecified atom stereocenters. The Hall–Kier alpha value is -0.150. The zero-order chi connectivity index (χ0) is 6.53. The molecule has 0 radical (unpaired) electrons. The summed E-state index contributed by atoms with van der Waals surface area (Å²) in [6.07, 6.45) is 6.55. The minimum atomic E-state index is 0.858. The second kappa shape index (κ2) is 3.80. The molecule has 1 fully saturated rings. The fourth-order valence-electron chi connectivity index (χ4n) is 1.40. The van der Waals surface area contributed by atoms with Crippen LogP contribution in [-0.2, 0) is 0 Å². The molecule has 0 amide bonds. The molecule has 1 rings (SSSR count). The molecule has 0 nitrogen and oxygen atoms in total. The highest BCUT2D eigenvalue weighted by Gasteiger charge is 2.12. The summed E-state index contributed by atoms with van der Waals surface area (Å²) in [5.41, 5.74) is 0. The van der Waals surface area contributed by atoms with E-state index in [-0.39, 0.29) is 0 Å². The highest BCUT2D eigenvalue weighted by atomic mass is 35.5. The van der Waals surface area contributed by atoms with E-state index in [9.17, 15) is 0 Å². The van der Waals surface area contributed by atoms with Gasteiger partial charge in [-0.15, -0.1) is 0 Å². The van der Waals surface area contributed by atoms with Crippen LogP contribution in [-0.4, -0.2) is 0 Å². The van der Waals surface area contributed by atoms with Crippen LogP contribution in [0.5, 0.6) is 0 Å². The Balaban J connectivity index is 2.16. The molecule has 0 aromatic carbocycles. The van der Waals surface area contributed by atoms with Crippen molar-refractivity contribution in [3.8, 4) is 11.3 Å². The maximum absolute atomic E-state index is 5.22. The largest absolute Gasteiger partial charge is 0.0856 e. The van der Waals surface area contributed by atoms with Gasteiger partial charge >= 0.3 is 0 Å². The number of hydrogen-bond donors (Lipinski definition) is 0. The molecule has 9 heavy (non-hydrogen) atoms. The topological polar surface area (TPSA) is 0 Å². The summed E-state index contributed by atoms with van der Waals surface area (Å²) < 4.78 is 0. The Bertz CT molecular complexity index is 123. The van der Waals surface area contributed by atoms with Crippen molar-refractivity contribution in [2.24, 2.45) is 5.92 Å². The van der Waals surface area contributed by atoms with Crippen LogP contribution in [0.1, 0.15) is 32.1 Å². The van der Waals surface area contributed by atoms with Crippen molar-refractivity contribution < 1.29 is 0 Å². The first-order valence-corrected chi connectivity index (χ1v) is 3.90. The average molecular weight is 143 g/mol. The molecule has 1 heteroatoms. The third kappa shape index (κ3) is 2.28. The van der Waals surface area contributed by atoms with Gasteiger partial charge in [0.05, 0.1) is 0 Å². The van der Waals surface area contributed by atoms with Crippen LogP contribution < -0.4 is 0 Å². The molecule has 0 spiro atoms. The summed E-state index contributed by atoms with van der Waals surface area (Å²) in [5.74, 6) is 3.76. The van der Waals surface area contributed by atoms with Gasteiger partial charge in [0, 0.05) is 11.8 Å². The zero-order valence-electron chi connectivity index (χ0n) is 5.49. The molecule has 0 bridgehead atoms.